The van der Waals surface area contributed by atoms with E-state index in [4.69, 9.17) is 5.73 Å². The molecule has 1 aromatic carbocycles. The van der Waals surface area contributed by atoms with Gasteiger partial charge in [0, 0.05) is 24.3 Å². The van der Waals surface area contributed by atoms with Crippen molar-refractivity contribution in [2.75, 3.05) is 18.8 Å². The summed E-state index contributed by atoms with van der Waals surface area (Å²) in [6.45, 7) is 4.06. The zero-order valence-corrected chi connectivity index (χ0v) is 11.3. The van der Waals surface area contributed by atoms with Crippen LogP contribution in [0.1, 0.15) is 31.4 Å². The van der Waals surface area contributed by atoms with Crippen LogP contribution in [0.3, 0.4) is 0 Å². The molecule has 1 aromatic rings. The first kappa shape index (κ1) is 12.5. The first-order chi connectivity index (χ1) is 9.16. The first-order valence-electron chi connectivity index (χ1n) is 7.05. The van der Waals surface area contributed by atoms with Crippen LogP contribution in [0.4, 0.5) is 5.69 Å². The van der Waals surface area contributed by atoms with Gasteiger partial charge in [0.1, 0.15) is 0 Å². The molecule has 4 heteroatoms. The lowest BCUT2D eigenvalue weighted by atomic mass is 9.89. The number of piperidine rings is 1. The Morgan fingerprint density at radius 2 is 2.32 bits per heavy atom. The van der Waals surface area contributed by atoms with E-state index in [1.165, 1.54) is 5.56 Å². The highest BCUT2D eigenvalue weighted by atomic mass is 16.2. The normalized spacial score (nSPS) is 28.8. The minimum atomic E-state index is 0.178. The SMILES string of the molecule is CC(c1cccc(N)c1)N1CCCC2C(=O)NCC21. The van der Waals surface area contributed by atoms with Crippen LogP contribution in [-0.2, 0) is 4.79 Å². The van der Waals surface area contributed by atoms with Crippen molar-refractivity contribution in [3.05, 3.63) is 29.8 Å². The number of anilines is 1. The first-order valence-corrected chi connectivity index (χ1v) is 7.05. The monoisotopic (exact) mass is 259 g/mol. The molecule has 3 unspecified atom stereocenters. The fourth-order valence-electron chi connectivity index (χ4n) is 3.48. The topological polar surface area (TPSA) is 58.4 Å². The maximum atomic E-state index is 11.8. The van der Waals surface area contributed by atoms with Gasteiger partial charge in [0.15, 0.2) is 0 Å². The van der Waals surface area contributed by atoms with E-state index < -0.39 is 0 Å². The van der Waals surface area contributed by atoms with E-state index in [1.807, 2.05) is 18.2 Å². The largest absolute Gasteiger partial charge is 0.399 e. The fourth-order valence-corrected chi connectivity index (χ4v) is 3.48. The van der Waals surface area contributed by atoms with Gasteiger partial charge in [0.05, 0.1) is 5.92 Å². The number of nitrogens with two attached hydrogens (primary N) is 1. The van der Waals surface area contributed by atoms with E-state index in [2.05, 4.69) is 23.2 Å². The minimum Gasteiger partial charge on any atom is -0.399 e. The number of rotatable bonds is 2. The summed E-state index contributed by atoms with van der Waals surface area (Å²) in [6.07, 6.45) is 2.12. The van der Waals surface area contributed by atoms with Gasteiger partial charge in [-0.2, -0.15) is 0 Å². The van der Waals surface area contributed by atoms with Crippen LogP contribution in [0.15, 0.2) is 24.3 Å². The van der Waals surface area contributed by atoms with Crippen molar-refractivity contribution in [3.8, 4) is 0 Å². The molecule has 2 aliphatic rings. The highest BCUT2D eigenvalue weighted by molar-refractivity contribution is 5.82. The molecule has 2 fully saturated rings. The smallest absolute Gasteiger partial charge is 0.224 e. The number of hydrogen-bond acceptors (Lipinski definition) is 3. The number of nitrogen functional groups attached to an aromatic ring is 1. The molecule has 0 aliphatic carbocycles. The Balaban J connectivity index is 1.83. The number of carbonyl (C=O) groups excluding carboxylic acids is 1. The lowest BCUT2D eigenvalue weighted by Crippen LogP contribution is -2.46. The second-order valence-corrected chi connectivity index (χ2v) is 5.65. The van der Waals surface area contributed by atoms with Crippen LogP contribution in [0, 0.1) is 5.92 Å². The Kier molecular flexibility index (Phi) is 3.19. The minimum absolute atomic E-state index is 0.178. The van der Waals surface area contributed by atoms with Crippen molar-refractivity contribution in [1.29, 1.82) is 0 Å². The highest BCUT2D eigenvalue weighted by Gasteiger charge is 2.42. The van der Waals surface area contributed by atoms with Gasteiger partial charge in [0.25, 0.3) is 0 Å². The standard InChI is InChI=1S/C15H21N3O/c1-10(11-4-2-5-12(16)8-11)18-7-3-6-13-14(18)9-17-15(13)19/h2,4-5,8,10,13-14H,3,6-7,9,16H2,1H3,(H,17,19). The Labute approximate surface area is 114 Å². The van der Waals surface area contributed by atoms with E-state index in [0.29, 0.717) is 12.1 Å². The van der Waals surface area contributed by atoms with Crippen LogP contribution >= 0.6 is 0 Å². The van der Waals surface area contributed by atoms with Crippen LogP contribution in [0.25, 0.3) is 0 Å². The number of nitrogens with zero attached hydrogens (tertiary/aromatic N) is 1. The van der Waals surface area contributed by atoms with E-state index in [1.54, 1.807) is 0 Å². The molecule has 4 nitrogen and oxygen atoms in total. The third-order valence-corrected chi connectivity index (χ3v) is 4.53. The van der Waals surface area contributed by atoms with Crippen molar-refractivity contribution >= 4 is 11.6 Å². The maximum Gasteiger partial charge on any atom is 0.224 e. The average Bonchev–Trinajstić information content (AvgIpc) is 2.80. The number of fused-ring (bicyclic) bond motifs is 1. The summed E-state index contributed by atoms with van der Waals surface area (Å²) in [7, 11) is 0. The lowest BCUT2D eigenvalue weighted by molar-refractivity contribution is -0.124. The molecule has 19 heavy (non-hydrogen) atoms. The molecule has 3 rings (SSSR count). The van der Waals surface area contributed by atoms with Crippen molar-refractivity contribution in [1.82, 2.24) is 10.2 Å². The Morgan fingerprint density at radius 3 is 3.11 bits per heavy atom. The summed E-state index contributed by atoms with van der Waals surface area (Å²) in [6, 6.07) is 8.73. The van der Waals surface area contributed by atoms with Gasteiger partial charge in [-0.15, -0.1) is 0 Å². The van der Waals surface area contributed by atoms with Crippen LogP contribution in [-0.4, -0.2) is 29.9 Å². The fraction of sp³-hybridized carbons (Fsp3) is 0.533. The summed E-state index contributed by atoms with van der Waals surface area (Å²) >= 11 is 0. The zero-order valence-electron chi connectivity index (χ0n) is 11.3. The summed E-state index contributed by atoms with van der Waals surface area (Å²) in [5.74, 6) is 0.409. The molecule has 1 amide bonds. The molecule has 0 saturated carbocycles. The molecule has 0 bridgehead atoms. The molecule has 3 N–H and O–H groups in total. The van der Waals surface area contributed by atoms with Crippen LogP contribution < -0.4 is 11.1 Å². The average molecular weight is 259 g/mol. The number of nitrogens with one attached hydrogen (secondary N) is 1. The van der Waals surface area contributed by atoms with E-state index in [0.717, 1.165) is 31.6 Å². The summed E-state index contributed by atoms with van der Waals surface area (Å²) in [5.41, 5.74) is 7.91. The second kappa shape index (κ2) is 4.85. The lowest BCUT2D eigenvalue weighted by Gasteiger charge is -2.40. The molecule has 3 atom stereocenters. The molecule has 102 valence electrons. The number of likely N-dealkylation sites (tertiary alicyclic amines) is 1. The number of benzene rings is 1. The summed E-state index contributed by atoms with van der Waals surface area (Å²) < 4.78 is 0. The van der Waals surface area contributed by atoms with Gasteiger partial charge in [-0.25, -0.2) is 0 Å². The predicted molar refractivity (Wildman–Crippen MR) is 75.5 cm³/mol. The third-order valence-electron chi connectivity index (χ3n) is 4.53. The van der Waals surface area contributed by atoms with Gasteiger partial charge in [0.2, 0.25) is 5.91 Å². The number of hydrogen-bond donors (Lipinski definition) is 2. The van der Waals surface area contributed by atoms with Crippen molar-refractivity contribution in [2.45, 2.75) is 31.8 Å². The highest BCUT2D eigenvalue weighted by Crippen LogP contribution is 2.34. The predicted octanol–water partition coefficient (Wildman–Crippen LogP) is 1.54. The summed E-state index contributed by atoms with van der Waals surface area (Å²) in [5, 5.41) is 3.00. The van der Waals surface area contributed by atoms with Gasteiger partial charge in [-0.1, -0.05) is 12.1 Å². The third kappa shape index (κ3) is 2.21. The summed E-state index contributed by atoms with van der Waals surface area (Å²) in [4.78, 5) is 14.3. The van der Waals surface area contributed by atoms with Crippen molar-refractivity contribution in [3.63, 3.8) is 0 Å². The molecule has 0 aromatic heterocycles. The maximum absolute atomic E-state index is 11.8. The van der Waals surface area contributed by atoms with Gasteiger partial charge in [-0.3, -0.25) is 9.69 Å². The quantitative estimate of drug-likeness (QED) is 0.792. The molecule has 2 aliphatic heterocycles. The molecule has 2 heterocycles. The molecular weight excluding hydrogens is 238 g/mol. The van der Waals surface area contributed by atoms with E-state index in [-0.39, 0.29) is 11.8 Å². The van der Waals surface area contributed by atoms with E-state index in [9.17, 15) is 4.79 Å². The number of amides is 1. The van der Waals surface area contributed by atoms with Crippen molar-refractivity contribution in [2.24, 2.45) is 5.92 Å². The van der Waals surface area contributed by atoms with Gasteiger partial charge in [-0.05, 0) is 44.0 Å². The van der Waals surface area contributed by atoms with Crippen molar-refractivity contribution < 1.29 is 4.79 Å². The Morgan fingerprint density at radius 1 is 1.47 bits per heavy atom. The second-order valence-electron chi connectivity index (χ2n) is 5.65. The van der Waals surface area contributed by atoms with Crippen LogP contribution in [0.2, 0.25) is 0 Å². The van der Waals surface area contributed by atoms with Gasteiger partial charge < -0.3 is 11.1 Å². The molecule has 0 radical (unpaired) electrons. The van der Waals surface area contributed by atoms with Gasteiger partial charge >= 0.3 is 0 Å². The molecular formula is C15H21N3O. The Bertz CT molecular complexity index is 488. The van der Waals surface area contributed by atoms with E-state index >= 15 is 0 Å². The Hall–Kier alpha value is -1.55. The number of carbonyl (C=O) groups is 1. The molecule has 2 saturated heterocycles. The zero-order chi connectivity index (χ0) is 13.4. The van der Waals surface area contributed by atoms with Crippen LogP contribution in [0.5, 0.6) is 0 Å². The molecule has 0 spiro atoms.